The van der Waals surface area contributed by atoms with Crippen LogP contribution >= 0.6 is 23.1 Å². The number of unbranched alkanes of at least 4 members (excludes halogenated alkanes) is 2. The number of thiophene rings is 1. The van der Waals surface area contributed by atoms with Crippen LogP contribution in [0.25, 0.3) is 10.2 Å². The molecule has 0 aromatic carbocycles. The highest BCUT2D eigenvalue weighted by atomic mass is 32.2. The summed E-state index contributed by atoms with van der Waals surface area (Å²) in [6.07, 6.45) is 9.43. The van der Waals surface area contributed by atoms with Gasteiger partial charge in [-0.15, -0.1) is 11.3 Å². The Morgan fingerprint density at radius 3 is 2.75 bits per heavy atom. The van der Waals surface area contributed by atoms with Gasteiger partial charge in [-0.2, -0.15) is 0 Å². The minimum absolute atomic E-state index is 0.109. The Morgan fingerprint density at radius 2 is 2.00 bits per heavy atom. The second kappa shape index (κ2) is 9.73. The average Bonchev–Trinajstić information content (AvgIpc) is 3.01. The number of hydrogen-bond donors (Lipinski definition) is 1. The second-order valence-electron chi connectivity index (χ2n) is 7.32. The molecule has 1 aliphatic rings. The molecule has 0 radical (unpaired) electrons. The summed E-state index contributed by atoms with van der Waals surface area (Å²) >= 11 is 3.24. The molecule has 0 amide bonds. The smallest absolute Gasteiger partial charge is 0.263 e. The van der Waals surface area contributed by atoms with Crippen molar-refractivity contribution in [2.45, 2.75) is 70.0 Å². The van der Waals surface area contributed by atoms with Gasteiger partial charge < -0.3 is 0 Å². The molecule has 0 unspecified atom stereocenters. The van der Waals surface area contributed by atoms with E-state index in [1.807, 2.05) is 4.57 Å². The van der Waals surface area contributed by atoms with Crippen LogP contribution in [0.4, 0.5) is 0 Å². The molecule has 0 spiro atoms. The van der Waals surface area contributed by atoms with Crippen molar-refractivity contribution in [2.24, 2.45) is 0 Å². The van der Waals surface area contributed by atoms with Gasteiger partial charge in [-0.05, 0) is 44.1 Å². The first-order chi connectivity index (χ1) is 13.4. The minimum Gasteiger partial charge on any atom is -0.287 e. The number of fused-ring (bicyclic) bond motifs is 3. The number of hydrogen-bond acceptors (Lipinski definition) is 6. The highest BCUT2D eigenvalue weighted by molar-refractivity contribution is 7.99. The zero-order chi connectivity index (χ0) is 20.1. The predicted molar refractivity (Wildman–Crippen MR) is 118 cm³/mol. The molecule has 0 atom stereocenters. The fraction of sp³-hybridized carbons (Fsp3) is 0.684. The molecule has 156 valence electrons. The van der Waals surface area contributed by atoms with Gasteiger partial charge in [-0.1, -0.05) is 31.5 Å². The Hall–Kier alpha value is -0.900. The maximum Gasteiger partial charge on any atom is 0.263 e. The van der Waals surface area contributed by atoms with E-state index in [0.29, 0.717) is 19.5 Å². The van der Waals surface area contributed by atoms with E-state index < -0.39 is 10.0 Å². The molecule has 28 heavy (non-hydrogen) atoms. The van der Waals surface area contributed by atoms with Crippen LogP contribution < -0.4 is 10.3 Å². The van der Waals surface area contributed by atoms with Crippen molar-refractivity contribution in [3.8, 4) is 0 Å². The maximum absolute atomic E-state index is 13.3. The van der Waals surface area contributed by atoms with E-state index in [9.17, 15) is 13.2 Å². The first-order valence-electron chi connectivity index (χ1n) is 10.0. The molecule has 0 bridgehead atoms. The lowest BCUT2D eigenvalue weighted by Crippen LogP contribution is -2.25. The van der Waals surface area contributed by atoms with Gasteiger partial charge in [0.05, 0.1) is 11.6 Å². The Morgan fingerprint density at radius 1 is 1.21 bits per heavy atom. The second-order valence-corrected chi connectivity index (χ2v) is 11.3. The van der Waals surface area contributed by atoms with Gasteiger partial charge in [0.25, 0.3) is 5.56 Å². The molecule has 6 nitrogen and oxygen atoms in total. The number of rotatable bonds is 10. The number of sulfonamides is 1. The summed E-state index contributed by atoms with van der Waals surface area (Å²) in [5.41, 5.74) is 1.35. The molecular formula is C19H29N3O3S3. The summed E-state index contributed by atoms with van der Waals surface area (Å²) in [6, 6.07) is 0. The van der Waals surface area contributed by atoms with Crippen molar-refractivity contribution in [1.29, 1.82) is 0 Å². The van der Waals surface area contributed by atoms with E-state index in [0.717, 1.165) is 59.7 Å². The van der Waals surface area contributed by atoms with Crippen LogP contribution in [0, 0.1) is 0 Å². The van der Waals surface area contributed by atoms with Gasteiger partial charge in [-0.3, -0.25) is 9.36 Å². The lowest BCUT2D eigenvalue weighted by Gasteiger charge is -2.13. The molecule has 0 aliphatic heterocycles. The fourth-order valence-corrected chi connectivity index (χ4v) is 6.32. The van der Waals surface area contributed by atoms with Crippen molar-refractivity contribution in [3.05, 3.63) is 20.8 Å². The first-order valence-corrected chi connectivity index (χ1v) is 13.7. The standard InChI is InChI=1S/C19H29N3O3S3/c1-3-4-7-12-22-18(23)16-14-9-5-6-10-15(14)27-17(16)21-19(22)26-13-8-11-20-28(2,24)25/h20H,3-13H2,1-2H3. The Bertz CT molecular complexity index is 980. The van der Waals surface area contributed by atoms with Gasteiger partial charge in [0.15, 0.2) is 5.16 Å². The Kier molecular flexibility index (Phi) is 7.58. The number of aryl methyl sites for hydroxylation is 2. The molecule has 1 aliphatic carbocycles. The topological polar surface area (TPSA) is 81.1 Å². The third kappa shape index (κ3) is 5.37. The predicted octanol–water partition coefficient (Wildman–Crippen LogP) is 3.56. The molecular weight excluding hydrogens is 414 g/mol. The van der Waals surface area contributed by atoms with Gasteiger partial charge in [0, 0.05) is 23.7 Å². The molecule has 9 heteroatoms. The monoisotopic (exact) mass is 443 g/mol. The number of thioether (sulfide) groups is 1. The maximum atomic E-state index is 13.3. The van der Waals surface area contributed by atoms with Crippen molar-refractivity contribution in [2.75, 3.05) is 18.6 Å². The normalized spacial score (nSPS) is 14.5. The molecule has 2 aromatic heterocycles. The van der Waals surface area contributed by atoms with Gasteiger partial charge in [0.2, 0.25) is 10.0 Å². The molecule has 1 N–H and O–H groups in total. The molecule has 0 saturated carbocycles. The van der Waals surface area contributed by atoms with Gasteiger partial charge in [0.1, 0.15) is 4.83 Å². The third-order valence-corrected chi connectivity index (χ3v) is 7.92. The van der Waals surface area contributed by atoms with Crippen LogP contribution in [0.5, 0.6) is 0 Å². The molecule has 0 saturated heterocycles. The van der Waals surface area contributed by atoms with Crippen molar-refractivity contribution in [1.82, 2.24) is 14.3 Å². The summed E-state index contributed by atoms with van der Waals surface area (Å²) in [5.74, 6) is 0.722. The van der Waals surface area contributed by atoms with Crippen molar-refractivity contribution >= 4 is 43.3 Å². The Balaban J connectivity index is 1.84. The summed E-state index contributed by atoms with van der Waals surface area (Å²) in [4.78, 5) is 20.4. The highest BCUT2D eigenvalue weighted by Gasteiger charge is 2.22. The number of nitrogens with zero attached hydrogens (tertiary/aromatic N) is 2. The van der Waals surface area contributed by atoms with Crippen molar-refractivity contribution in [3.63, 3.8) is 0 Å². The van der Waals surface area contributed by atoms with Crippen LogP contribution in [0.2, 0.25) is 0 Å². The zero-order valence-corrected chi connectivity index (χ0v) is 19.1. The van der Waals surface area contributed by atoms with E-state index >= 15 is 0 Å². The minimum atomic E-state index is -3.16. The number of aromatic nitrogens is 2. The van der Waals surface area contributed by atoms with Crippen LogP contribution in [0.15, 0.2) is 9.95 Å². The van der Waals surface area contributed by atoms with Gasteiger partial charge >= 0.3 is 0 Å². The van der Waals surface area contributed by atoms with E-state index in [-0.39, 0.29) is 5.56 Å². The van der Waals surface area contributed by atoms with Crippen LogP contribution in [0.3, 0.4) is 0 Å². The SMILES string of the molecule is CCCCCn1c(SCCCNS(C)(=O)=O)nc2sc3c(c2c1=O)CCCC3. The quantitative estimate of drug-likeness (QED) is 0.345. The zero-order valence-electron chi connectivity index (χ0n) is 16.6. The summed E-state index contributed by atoms with van der Waals surface area (Å²) < 4.78 is 26.7. The lowest BCUT2D eigenvalue weighted by atomic mass is 9.97. The molecule has 3 rings (SSSR count). The van der Waals surface area contributed by atoms with Crippen LogP contribution in [-0.2, 0) is 29.4 Å². The lowest BCUT2D eigenvalue weighted by molar-refractivity contribution is 0.541. The largest absolute Gasteiger partial charge is 0.287 e. The average molecular weight is 444 g/mol. The highest BCUT2D eigenvalue weighted by Crippen LogP contribution is 2.34. The fourth-order valence-electron chi connectivity index (χ4n) is 3.54. The first kappa shape index (κ1) is 21.8. The van der Waals surface area contributed by atoms with Crippen molar-refractivity contribution < 1.29 is 8.42 Å². The Labute approximate surface area is 175 Å². The summed E-state index contributed by atoms with van der Waals surface area (Å²) in [7, 11) is -3.16. The van der Waals surface area contributed by atoms with Crippen LogP contribution in [0.1, 0.15) is 55.9 Å². The molecule has 2 aromatic rings. The summed E-state index contributed by atoms with van der Waals surface area (Å²) in [6.45, 7) is 3.26. The van der Waals surface area contributed by atoms with E-state index in [1.54, 1.807) is 23.1 Å². The van der Waals surface area contributed by atoms with Crippen LogP contribution in [-0.4, -0.2) is 36.5 Å². The van der Waals surface area contributed by atoms with E-state index in [4.69, 9.17) is 4.98 Å². The molecule has 0 fully saturated rings. The third-order valence-electron chi connectivity index (χ3n) is 4.94. The van der Waals surface area contributed by atoms with Gasteiger partial charge in [-0.25, -0.2) is 18.1 Å². The number of nitrogens with one attached hydrogen (secondary N) is 1. The van der Waals surface area contributed by atoms with E-state index in [2.05, 4.69) is 11.6 Å². The van der Waals surface area contributed by atoms with E-state index in [1.165, 1.54) is 23.1 Å². The summed E-state index contributed by atoms with van der Waals surface area (Å²) in [5, 5.41) is 1.62. The molecule has 2 heterocycles.